The molecule has 0 aliphatic rings. The van der Waals surface area contributed by atoms with Crippen molar-refractivity contribution in [3.05, 3.63) is 35.9 Å². The maximum Gasteiger partial charge on any atom is 0.410 e. The van der Waals surface area contributed by atoms with E-state index in [0.717, 1.165) is 5.56 Å². The molecule has 0 saturated carbocycles. The lowest BCUT2D eigenvalue weighted by atomic mass is 10.2. The van der Waals surface area contributed by atoms with E-state index in [-0.39, 0.29) is 30.3 Å². The summed E-state index contributed by atoms with van der Waals surface area (Å²) in [7, 11) is -0.433. The normalized spacial score (nSPS) is 12.9. The summed E-state index contributed by atoms with van der Waals surface area (Å²) in [6.07, 6.45) is -0.185. The first kappa shape index (κ1) is 27.1. The van der Waals surface area contributed by atoms with Crippen molar-refractivity contribution < 1.29 is 28.2 Å². The SMILES string of the molecule is COCC(CN(CCCOC(C)=O)C(=O)OCc1ccccc1)O[Si](C)(C)C(C)(C)C. The number of benzene rings is 1. The van der Waals surface area contributed by atoms with Gasteiger partial charge in [-0.1, -0.05) is 51.1 Å². The van der Waals surface area contributed by atoms with Gasteiger partial charge in [-0.05, 0) is 30.1 Å². The third-order valence-corrected chi connectivity index (χ3v) is 9.92. The van der Waals surface area contributed by atoms with Gasteiger partial charge >= 0.3 is 12.1 Å². The number of carbonyl (C=O) groups is 2. The Morgan fingerprint density at radius 3 is 2.29 bits per heavy atom. The van der Waals surface area contributed by atoms with Gasteiger partial charge in [0.15, 0.2) is 8.32 Å². The van der Waals surface area contributed by atoms with Crippen LogP contribution in [-0.4, -0.2) is 64.8 Å². The van der Waals surface area contributed by atoms with Crippen LogP contribution in [0.2, 0.25) is 18.1 Å². The molecule has 0 N–H and O–H groups in total. The van der Waals surface area contributed by atoms with E-state index in [1.165, 1.54) is 6.92 Å². The molecule has 0 saturated heterocycles. The Morgan fingerprint density at radius 1 is 1.10 bits per heavy atom. The third-order valence-electron chi connectivity index (χ3n) is 5.39. The summed E-state index contributed by atoms with van der Waals surface area (Å²) in [5.41, 5.74) is 0.918. The van der Waals surface area contributed by atoms with Gasteiger partial charge in [0, 0.05) is 20.6 Å². The fraction of sp³-hybridized carbons (Fsp3) is 0.652. The first-order valence-corrected chi connectivity index (χ1v) is 13.6. The molecular formula is C23H39NO6Si. The first-order chi connectivity index (χ1) is 14.5. The van der Waals surface area contributed by atoms with E-state index in [1.807, 2.05) is 30.3 Å². The minimum atomic E-state index is -2.06. The van der Waals surface area contributed by atoms with E-state index in [4.69, 9.17) is 18.6 Å². The van der Waals surface area contributed by atoms with Crippen LogP contribution in [0.15, 0.2) is 30.3 Å². The maximum absolute atomic E-state index is 12.9. The van der Waals surface area contributed by atoms with Gasteiger partial charge in [0.2, 0.25) is 0 Å². The highest BCUT2D eigenvalue weighted by molar-refractivity contribution is 6.74. The van der Waals surface area contributed by atoms with Crippen LogP contribution in [0.25, 0.3) is 0 Å². The third kappa shape index (κ3) is 10.3. The van der Waals surface area contributed by atoms with Crippen LogP contribution in [0, 0.1) is 0 Å². The summed E-state index contributed by atoms with van der Waals surface area (Å²) in [5, 5.41) is 0.0347. The molecule has 0 aliphatic heterocycles. The Hall–Kier alpha value is -1.90. The van der Waals surface area contributed by atoms with Crippen molar-refractivity contribution in [1.29, 1.82) is 0 Å². The molecule has 0 radical (unpaired) electrons. The van der Waals surface area contributed by atoms with Gasteiger partial charge in [-0.2, -0.15) is 0 Å². The van der Waals surface area contributed by atoms with Crippen LogP contribution in [0.3, 0.4) is 0 Å². The molecule has 7 nitrogen and oxygen atoms in total. The van der Waals surface area contributed by atoms with Crippen LogP contribution < -0.4 is 0 Å². The van der Waals surface area contributed by atoms with Crippen LogP contribution in [0.5, 0.6) is 0 Å². The summed E-state index contributed by atoms with van der Waals surface area (Å²) in [5.74, 6) is -0.336. The second kappa shape index (κ2) is 12.8. The number of nitrogens with zero attached hydrogens (tertiary/aromatic N) is 1. The number of esters is 1. The smallest absolute Gasteiger partial charge is 0.410 e. The van der Waals surface area contributed by atoms with E-state index < -0.39 is 14.4 Å². The number of hydrogen-bond acceptors (Lipinski definition) is 6. The summed E-state index contributed by atoms with van der Waals surface area (Å²) < 4.78 is 22.4. The Kier molecular flexibility index (Phi) is 11.2. The summed E-state index contributed by atoms with van der Waals surface area (Å²) in [4.78, 5) is 25.5. The average molecular weight is 454 g/mol. The van der Waals surface area contributed by atoms with E-state index in [2.05, 4.69) is 33.9 Å². The molecule has 176 valence electrons. The number of methoxy groups -OCH3 is 1. The molecule has 8 heteroatoms. The van der Waals surface area contributed by atoms with Crippen molar-refractivity contribution in [2.24, 2.45) is 0 Å². The topological polar surface area (TPSA) is 74.3 Å². The summed E-state index contributed by atoms with van der Waals surface area (Å²) in [6.45, 7) is 13.8. The van der Waals surface area contributed by atoms with Gasteiger partial charge in [0.1, 0.15) is 6.61 Å². The fourth-order valence-electron chi connectivity index (χ4n) is 2.69. The minimum absolute atomic E-state index is 0.0347. The highest BCUT2D eigenvalue weighted by atomic mass is 28.4. The molecule has 0 aliphatic carbocycles. The van der Waals surface area contributed by atoms with Gasteiger partial charge in [-0.25, -0.2) is 4.79 Å². The van der Waals surface area contributed by atoms with Gasteiger partial charge in [-0.3, -0.25) is 4.79 Å². The van der Waals surface area contributed by atoms with E-state index >= 15 is 0 Å². The highest BCUT2D eigenvalue weighted by Crippen LogP contribution is 2.37. The standard InChI is InChI=1S/C23H39NO6Si/c1-19(25)28-15-11-14-24(22(26)29-17-20-12-9-8-10-13-20)16-21(18-27-5)30-31(6,7)23(2,3)4/h8-10,12-13,21H,11,14-18H2,1-7H3. The number of carbonyl (C=O) groups excluding carboxylic acids is 2. The Balaban J connectivity index is 2.84. The van der Waals surface area contributed by atoms with Gasteiger partial charge in [0.25, 0.3) is 0 Å². The molecule has 1 atom stereocenters. The van der Waals surface area contributed by atoms with Crippen LogP contribution in [0.1, 0.15) is 39.7 Å². The first-order valence-electron chi connectivity index (χ1n) is 10.7. The predicted molar refractivity (Wildman–Crippen MR) is 123 cm³/mol. The van der Waals surface area contributed by atoms with Crippen LogP contribution in [-0.2, 0) is 30.0 Å². The van der Waals surface area contributed by atoms with E-state index in [9.17, 15) is 9.59 Å². The molecule has 1 unspecified atom stereocenters. The maximum atomic E-state index is 12.9. The molecule has 1 amide bonds. The second-order valence-corrected chi connectivity index (χ2v) is 13.9. The molecule has 1 aromatic rings. The van der Waals surface area contributed by atoms with Gasteiger partial charge in [0.05, 0.1) is 25.9 Å². The van der Waals surface area contributed by atoms with Crippen molar-refractivity contribution >= 4 is 20.4 Å². The Labute approximate surface area is 188 Å². The molecule has 1 aromatic carbocycles. The lowest BCUT2D eigenvalue weighted by Gasteiger charge is -2.40. The molecule has 0 aromatic heterocycles. The molecule has 0 bridgehead atoms. The summed E-state index contributed by atoms with van der Waals surface area (Å²) in [6, 6.07) is 9.54. The average Bonchev–Trinajstić information content (AvgIpc) is 2.68. The lowest BCUT2D eigenvalue weighted by molar-refractivity contribution is -0.141. The Morgan fingerprint density at radius 2 is 1.74 bits per heavy atom. The highest BCUT2D eigenvalue weighted by Gasteiger charge is 2.39. The van der Waals surface area contributed by atoms with Crippen molar-refractivity contribution in [2.75, 3.05) is 33.4 Å². The van der Waals surface area contributed by atoms with Gasteiger partial charge < -0.3 is 23.5 Å². The van der Waals surface area contributed by atoms with Crippen molar-refractivity contribution in [3.63, 3.8) is 0 Å². The number of hydrogen-bond donors (Lipinski definition) is 0. The number of rotatable bonds is 12. The zero-order chi connectivity index (χ0) is 23.5. The molecule has 0 fully saturated rings. The van der Waals surface area contributed by atoms with E-state index in [0.29, 0.717) is 26.1 Å². The van der Waals surface area contributed by atoms with Crippen molar-refractivity contribution in [2.45, 2.75) is 65.0 Å². The molecule has 31 heavy (non-hydrogen) atoms. The van der Waals surface area contributed by atoms with Crippen molar-refractivity contribution in [3.8, 4) is 0 Å². The Bertz CT molecular complexity index is 674. The quantitative estimate of drug-likeness (QED) is 0.261. The number of amides is 1. The fourth-order valence-corrected chi connectivity index (χ4v) is 4.02. The zero-order valence-corrected chi connectivity index (χ0v) is 21.1. The number of ether oxygens (including phenoxy) is 3. The minimum Gasteiger partial charge on any atom is -0.466 e. The predicted octanol–water partition coefficient (Wildman–Crippen LogP) is 4.62. The lowest BCUT2D eigenvalue weighted by Crippen LogP contribution is -2.49. The monoisotopic (exact) mass is 453 g/mol. The van der Waals surface area contributed by atoms with E-state index in [1.54, 1.807) is 12.0 Å². The second-order valence-electron chi connectivity index (χ2n) is 9.14. The molecule has 1 rings (SSSR count). The van der Waals surface area contributed by atoms with Crippen LogP contribution in [0.4, 0.5) is 4.79 Å². The van der Waals surface area contributed by atoms with Crippen molar-refractivity contribution in [1.82, 2.24) is 4.90 Å². The largest absolute Gasteiger partial charge is 0.466 e. The molecule has 0 spiro atoms. The summed E-state index contributed by atoms with van der Waals surface area (Å²) >= 11 is 0. The molecule has 0 heterocycles. The van der Waals surface area contributed by atoms with Crippen LogP contribution >= 0.6 is 0 Å². The zero-order valence-electron chi connectivity index (χ0n) is 20.1. The molecular weight excluding hydrogens is 414 g/mol. The van der Waals surface area contributed by atoms with Gasteiger partial charge in [-0.15, -0.1) is 0 Å².